The normalized spacial score (nSPS) is 21.4. The predicted octanol–water partition coefficient (Wildman–Crippen LogP) is 1.25. The van der Waals surface area contributed by atoms with Gasteiger partial charge in [0.25, 0.3) is 0 Å². The Morgan fingerprint density at radius 1 is 1.32 bits per heavy atom. The van der Waals surface area contributed by atoms with Crippen molar-refractivity contribution in [3.63, 3.8) is 0 Å². The summed E-state index contributed by atoms with van der Waals surface area (Å²) in [5.41, 5.74) is 0. The fourth-order valence-electron chi connectivity index (χ4n) is 2.62. The predicted molar refractivity (Wildman–Crippen MR) is 75.0 cm³/mol. The molecule has 1 heterocycles. The van der Waals surface area contributed by atoms with Gasteiger partial charge in [-0.1, -0.05) is 12.8 Å². The highest BCUT2D eigenvalue weighted by Gasteiger charge is 2.27. The van der Waals surface area contributed by atoms with Crippen LogP contribution in [0.25, 0.3) is 0 Å². The summed E-state index contributed by atoms with van der Waals surface area (Å²) in [6.07, 6.45) is 5.75. The van der Waals surface area contributed by atoms with E-state index in [1.165, 1.54) is 26.4 Å². The van der Waals surface area contributed by atoms with E-state index in [9.17, 15) is 4.79 Å². The molecule has 0 atom stereocenters. The first-order valence-electron chi connectivity index (χ1n) is 7.28. The largest absolute Gasteiger partial charge is 0.469 e. The molecule has 0 unspecified atom stereocenters. The Bertz CT molecular complexity index is 332. The zero-order valence-electron chi connectivity index (χ0n) is 12.0. The second kappa shape index (κ2) is 6.78. The van der Waals surface area contributed by atoms with E-state index in [0.717, 1.165) is 44.4 Å². The van der Waals surface area contributed by atoms with Crippen molar-refractivity contribution in [2.75, 3.05) is 33.8 Å². The number of hydrogen-bond acceptors (Lipinski definition) is 3. The summed E-state index contributed by atoms with van der Waals surface area (Å²) in [5, 5.41) is 3.43. The number of aliphatic imine (C=N–C) groups is 1. The average molecular weight is 267 g/mol. The van der Waals surface area contributed by atoms with Crippen molar-refractivity contribution in [1.29, 1.82) is 0 Å². The molecule has 0 amide bonds. The summed E-state index contributed by atoms with van der Waals surface area (Å²) in [6.45, 7) is 2.76. The molecule has 0 bridgehead atoms. The average Bonchev–Trinajstić information content (AvgIpc) is 3.27. The number of likely N-dealkylation sites (tertiary alicyclic amines) is 1. The van der Waals surface area contributed by atoms with Crippen LogP contribution in [0.3, 0.4) is 0 Å². The van der Waals surface area contributed by atoms with Crippen LogP contribution in [0.2, 0.25) is 0 Å². The van der Waals surface area contributed by atoms with Crippen LogP contribution in [0, 0.1) is 11.8 Å². The minimum absolute atomic E-state index is 0.0609. The van der Waals surface area contributed by atoms with Crippen molar-refractivity contribution in [2.24, 2.45) is 16.8 Å². The van der Waals surface area contributed by atoms with Crippen LogP contribution < -0.4 is 5.32 Å². The van der Waals surface area contributed by atoms with Gasteiger partial charge in [-0.05, 0) is 25.2 Å². The van der Waals surface area contributed by atoms with E-state index in [-0.39, 0.29) is 11.9 Å². The maximum Gasteiger partial charge on any atom is 0.308 e. The van der Waals surface area contributed by atoms with Crippen molar-refractivity contribution in [1.82, 2.24) is 10.2 Å². The van der Waals surface area contributed by atoms with Crippen LogP contribution in [0.5, 0.6) is 0 Å². The fraction of sp³-hybridized carbons (Fsp3) is 0.857. The Morgan fingerprint density at radius 3 is 2.53 bits per heavy atom. The standard InChI is InChI=1S/C14H25N3O2/c1-15-14(16-8-5-11-3-4-11)17-9-6-12(7-10-17)13(18)19-2/h11-12H,3-10H2,1-2H3,(H,15,16). The number of methoxy groups -OCH3 is 1. The third-order valence-corrected chi connectivity index (χ3v) is 4.07. The van der Waals surface area contributed by atoms with Gasteiger partial charge in [-0.25, -0.2) is 0 Å². The Balaban J connectivity index is 1.72. The topological polar surface area (TPSA) is 53.9 Å². The molecule has 2 rings (SSSR count). The molecule has 108 valence electrons. The summed E-state index contributed by atoms with van der Waals surface area (Å²) in [6, 6.07) is 0. The zero-order valence-corrected chi connectivity index (χ0v) is 12.0. The van der Waals surface area contributed by atoms with E-state index in [4.69, 9.17) is 4.74 Å². The highest BCUT2D eigenvalue weighted by molar-refractivity contribution is 5.80. The monoisotopic (exact) mass is 267 g/mol. The molecule has 2 fully saturated rings. The minimum Gasteiger partial charge on any atom is -0.469 e. The smallest absolute Gasteiger partial charge is 0.308 e. The Labute approximate surface area is 115 Å². The first kappa shape index (κ1) is 14.2. The summed E-state index contributed by atoms with van der Waals surface area (Å²) in [5.74, 6) is 1.90. The van der Waals surface area contributed by atoms with Crippen LogP contribution in [0.15, 0.2) is 4.99 Å². The fourth-order valence-corrected chi connectivity index (χ4v) is 2.62. The van der Waals surface area contributed by atoms with Gasteiger partial charge < -0.3 is 15.0 Å². The maximum atomic E-state index is 11.5. The molecule has 1 saturated carbocycles. The molecule has 0 aromatic rings. The van der Waals surface area contributed by atoms with Gasteiger partial charge in [-0.15, -0.1) is 0 Å². The molecule has 5 nitrogen and oxygen atoms in total. The lowest BCUT2D eigenvalue weighted by Crippen LogP contribution is -2.46. The number of esters is 1. The van der Waals surface area contributed by atoms with Crippen molar-refractivity contribution >= 4 is 11.9 Å². The third-order valence-electron chi connectivity index (χ3n) is 4.07. The van der Waals surface area contributed by atoms with Gasteiger partial charge in [0.15, 0.2) is 5.96 Å². The van der Waals surface area contributed by atoms with Crippen LogP contribution in [0.4, 0.5) is 0 Å². The van der Waals surface area contributed by atoms with Gasteiger partial charge in [-0.2, -0.15) is 0 Å². The number of nitrogens with one attached hydrogen (secondary N) is 1. The molecule has 1 saturated heterocycles. The SMILES string of the molecule is CN=C(NCCC1CC1)N1CCC(C(=O)OC)CC1. The Morgan fingerprint density at radius 2 is 2.00 bits per heavy atom. The molecule has 1 N–H and O–H groups in total. The van der Waals surface area contributed by atoms with Gasteiger partial charge in [0.05, 0.1) is 13.0 Å². The van der Waals surface area contributed by atoms with E-state index < -0.39 is 0 Å². The van der Waals surface area contributed by atoms with Gasteiger partial charge in [0.1, 0.15) is 0 Å². The Kier molecular flexibility index (Phi) is 5.05. The number of rotatable bonds is 4. The van der Waals surface area contributed by atoms with E-state index in [1.807, 2.05) is 7.05 Å². The molecular formula is C14H25N3O2. The molecule has 19 heavy (non-hydrogen) atoms. The minimum atomic E-state index is -0.0728. The third kappa shape index (κ3) is 4.11. The van der Waals surface area contributed by atoms with Gasteiger partial charge in [0.2, 0.25) is 0 Å². The lowest BCUT2D eigenvalue weighted by atomic mass is 9.97. The lowest BCUT2D eigenvalue weighted by molar-refractivity contribution is -0.146. The van der Waals surface area contributed by atoms with Crippen molar-refractivity contribution in [3.8, 4) is 0 Å². The molecule has 0 radical (unpaired) electrons. The number of guanidine groups is 1. The van der Waals surface area contributed by atoms with Crippen molar-refractivity contribution in [2.45, 2.75) is 32.1 Å². The summed E-state index contributed by atoms with van der Waals surface area (Å²) < 4.78 is 4.81. The first-order valence-corrected chi connectivity index (χ1v) is 7.28. The molecule has 1 aliphatic carbocycles. The lowest BCUT2D eigenvalue weighted by Gasteiger charge is -2.33. The van der Waals surface area contributed by atoms with Crippen molar-refractivity contribution in [3.05, 3.63) is 0 Å². The second-order valence-corrected chi connectivity index (χ2v) is 5.49. The highest BCUT2D eigenvalue weighted by atomic mass is 16.5. The van der Waals surface area contributed by atoms with E-state index >= 15 is 0 Å². The summed E-state index contributed by atoms with van der Waals surface area (Å²) in [7, 11) is 3.29. The molecule has 5 heteroatoms. The van der Waals surface area contributed by atoms with Crippen LogP contribution in [-0.2, 0) is 9.53 Å². The molecule has 0 spiro atoms. The van der Waals surface area contributed by atoms with Crippen LogP contribution >= 0.6 is 0 Å². The first-order chi connectivity index (χ1) is 9.24. The van der Waals surface area contributed by atoms with E-state index in [0.29, 0.717) is 0 Å². The van der Waals surface area contributed by atoms with E-state index in [1.54, 1.807) is 0 Å². The zero-order chi connectivity index (χ0) is 13.7. The molecule has 2 aliphatic rings. The van der Waals surface area contributed by atoms with Gasteiger partial charge in [0, 0.05) is 26.7 Å². The molecule has 0 aromatic heterocycles. The second-order valence-electron chi connectivity index (χ2n) is 5.49. The van der Waals surface area contributed by atoms with Crippen molar-refractivity contribution < 1.29 is 9.53 Å². The number of piperidine rings is 1. The summed E-state index contributed by atoms with van der Waals surface area (Å²) in [4.78, 5) is 18.1. The van der Waals surface area contributed by atoms with E-state index in [2.05, 4.69) is 15.2 Å². The number of carbonyl (C=O) groups excluding carboxylic acids is 1. The number of nitrogens with zero attached hydrogens (tertiary/aromatic N) is 2. The summed E-state index contributed by atoms with van der Waals surface area (Å²) >= 11 is 0. The number of carbonyl (C=O) groups is 1. The van der Waals surface area contributed by atoms with Crippen LogP contribution in [0.1, 0.15) is 32.1 Å². The maximum absolute atomic E-state index is 11.5. The number of ether oxygens (including phenoxy) is 1. The van der Waals surface area contributed by atoms with Crippen LogP contribution in [-0.4, -0.2) is 50.6 Å². The molecular weight excluding hydrogens is 242 g/mol. The quantitative estimate of drug-likeness (QED) is 0.473. The van der Waals surface area contributed by atoms with Gasteiger partial charge >= 0.3 is 5.97 Å². The molecule has 0 aromatic carbocycles. The Hall–Kier alpha value is -1.26. The molecule has 1 aliphatic heterocycles. The highest BCUT2D eigenvalue weighted by Crippen LogP contribution is 2.31. The van der Waals surface area contributed by atoms with Gasteiger partial charge in [-0.3, -0.25) is 9.79 Å². The number of hydrogen-bond donors (Lipinski definition) is 1.